The highest BCUT2D eigenvalue weighted by Crippen LogP contribution is 2.16. The highest BCUT2D eigenvalue weighted by Gasteiger charge is 2.07. The third kappa shape index (κ3) is 4.35. The fraction of sp³-hybridized carbons (Fsp3) is 0.231. The van der Waals surface area contributed by atoms with Crippen molar-refractivity contribution in [2.75, 3.05) is 6.54 Å². The van der Waals surface area contributed by atoms with Crippen molar-refractivity contribution in [2.24, 2.45) is 5.73 Å². The summed E-state index contributed by atoms with van der Waals surface area (Å²) in [6.07, 6.45) is 0.188. The minimum Gasteiger partial charge on any atom is -0.390 e. The number of hydrogen-bond acceptors (Lipinski definition) is 5. The van der Waals surface area contributed by atoms with Crippen molar-refractivity contribution in [3.05, 3.63) is 46.3 Å². The van der Waals surface area contributed by atoms with Gasteiger partial charge in [-0.1, -0.05) is 30.3 Å². The topological polar surface area (TPSA) is 77.2 Å². The maximum absolute atomic E-state index is 11.6. The molecule has 2 aromatic rings. The van der Waals surface area contributed by atoms with Crippen LogP contribution in [0, 0.1) is 0 Å². The molecule has 0 radical (unpaired) electrons. The Balaban J connectivity index is 1.80. The van der Waals surface area contributed by atoms with Crippen molar-refractivity contribution in [2.45, 2.75) is 13.0 Å². The zero-order valence-electron chi connectivity index (χ0n) is 10.3. The third-order valence-electron chi connectivity index (χ3n) is 2.37. The Morgan fingerprint density at radius 1 is 1.37 bits per heavy atom. The molecular weight excluding hydrogens is 262 g/mol. The minimum absolute atomic E-state index is 0.319. The second-order valence-electron chi connectivity index (χ2n) is 3.85. The molecule has 6 heteroatoms. The molecule has 1 amide bonds. The Labute approximate surface area is 115 Å². The van der Waals surface area contributed by atoms with Gasteiger partial charge in [-0.25, -0.2) is 9.78 Å². The molecule has 0 saturated carbocycles. The van der Waals surface area contributed by atoms with Gasteiger partial charge >= 0.3 is 6.09 Å². The molecule has 0 spiro atoms. The molecule has 2 rings (SSSR count). The lowest BCUT2D eigenvalue weighted by atomic mass is 10.2. The summed E-state index contributed by atoms with van der Waals surface area (Å²) in [5.41, 5.74) is 6.45. The fourth-order valence-corrected chi connectivity index (χ4v) is 2.20. The second kappa shape index (κ2) is 6.86. The zero-order valence-corrected chi connectivity index (χ0v) is 11.2. The second-order valence-corrected chi connectivity index (χ2v) is 4.79. The van der Waals surface area contributed by atoms with Crippen molar-refractivity contribution >= 4 is 17.4 Å². The van der Waals surface area contributed by atoms with Crippen LogP contribution >= 0.6 is 11.3 Å². The van der Waals surface area contributed by atoms with Crippen molar-refractivity contribution < 1.29 is 9.53 Å². The normalized spacial score (nSPS) is 10.2. The van der Waals surface area contributed by atoms with Gasteiger partial charge in [-0.15, -0.1) is 11.3 Å². The van der Waals surface area contributed by atoms with E-state index in [4.69, 9.17) is 10.5 Å². The minimum atomic E-state index is -0.506. The number of thiazole rings is 1. The van der Waals surface area contributed by atoms with E-state index in [1.165, 1.54) is 11.3 Å². The van der Waals surface area contributed by atoms with Crippen molar-refractivity contribution in [3.8, 4) is 5.88 Å². The van der Waals surface area contributed by atoms with Crippen LogP contribution in [0.15, 0.2) is 35.7 Å². The first kappa shape index (κ1) is 13.5. The number of carbonyl (C=O) groups excluding carboxylic acids is 1. The molecular formula is C13H15N3O2S. The summed E-state index contributed by atoms with van der Waals surface area (Å²) in [6, 6.07) is 9.63. The molecule has 5 nitrogen and oxygen atoms in total. The number of benzene rings is 1. The maximum atomic E-state index is 11.6. The monoisotopic (exact) mass is 277 g/mol. The summed E-state index contributed by atoms with van der Waals surface area (Å²) in [6.45, 7) is 0.965. The van der Waals surface area contributed by atoms with Gasteiger partial charge in [-0.2, -0.15) is 0 Å². The molecule has 1 aromatic carbocycles. The number of nitrogens with two attached hydrogens (primary N) is 1. The van der Waals surface area contributed by atoms with Crippen LogP contribution < -0.4 is 15.8 Å². The highest BCUT2D eigenvalue weighted by molar-refractivity contribution is 7.09. The molecule has 100 valence electrons. The van der Waals surface area contributed by atoms with E-state index < -0.39 is 6.09 Å². The van der Waals surface area contributed by atoms with Crippen LogP contribution in [0.3, 0.4) is 0 Å². The Hall–Kier alpha value is -1.92. The molecule has 0 atom stereocenters. The summed E-state index contributed by atoms with van der Waals surface area (Å²) in [5, 5.41) is 5.24. The van der Waals surface area contributed by atoms with Gasteiger partial charge in [0.2, 0.25) is 5.88 Å². The molecule has 3 N–H and O–H groups in total. The van der Waals surface area contributed by atoms with Gasteiger partial charge in [-0.3, -0.25) is 0 Å². The number of nitrogens with zero attached hydrogens (tertiary/aromatic N) is 1. The zero-order chi connectivity index (χ0) is 13.5. The lowest BCUT2D eigenvalue weighted by Gasteiger charge is -2.04. The van der Waals surface area contributed by atoms with Crippen LogP contribution in [0.1, 0.15) is 10.6 Å². The van der Waals surface area contributed by atoms with E-state index in [1.54, 1.807) is 5.38 Å². The van der Waals surface area contributed by atoms with E-state index in [0.29, 0.717) is 25.4 Å². The first-order chi connectivity index (χ1) is 9.28. The Morgan fingerprint density at radius 2 is 2.16 bits per heavy atom. The lowest BCUT2D eigenvalue weighted by molar-refractivity contribution is 0.198. The predicted octanol–water partition coefficient (Wildman–Crippen LogP) is 1.93. The summed E-state index contributed by atoms with van der Waals surface area (Å²) in [4.78, 5) is 15.7. The van der Waals surface area contributed by atoms with Gasteiger partial charge in [0.25, 0.3) is 0 Å². The summed E-state index contributed by atoms with van der Waals surface area (Å²) < 4.78 is 5.07. The fourth-order valence-electron chi connectivity index (χ4n) is 1.48. The van der Waals surface area contributed by atoms with Crippen LogP contribution in [0.2, 0.25) is 0 Å². The SMILES string of the molecule is NCCc1nc(OC(=O)NCc2ccccc2)cs1. The predicted molar refractivity (Wildman–Crippen MR) is 74.2 cm³/mol. The molecule has 0 bridgehead atoms. The van der Waals surface area contributed by atoms with E-state index >= 15 is 0 Å². The number of nitrogens with one attached hydrogen (secondary N) is 1. The smallest absolute Gasteiger partial charge is 0.390 e. The van der Waals surface area contributed by atoms with E-state index in [9.17, 15) is 4.79 Å². The summed E-state index contributed by atoms with van der Waals surface area (Å²) >= 11 is 1.43. The number of rotatable bonds is 5. The van der Waals surface area contributed by atoms with Gasteiger partial charge in [0, 0.05) is 13.0 Å². The van der Waals surface area contributed by atoms with Crippen LogP contribution in [0.5, 0.6) is 5.88 Å². The lowest BCUT2D eigenvalue weighted by Crippen LogP contribution is -2.26. The first-order valence-corrected chi connectivity index (χ1v) is 6.80. The Morgan fingerprint density at radius 3 is 2.89 bits per heavy atom. The molecule has 1 heterocycles. The average Bonchev–Trinajstić information content (AvgIpc) is 2.85. The Bertz CT molecular complexity index is 528. The van der Waals surface area contributed by atoms with E-state index in [1.807, 2.05) is 30.3 Å². The van der Waals surface area contributed by atoms with E-state index in [0.717, 1.165) is 10.6 Å². The number of hydrogen-bond donors (Lipinski definition) is 2. The largest absolute Gasteiger partial charge is 0.414 e. The molecule has 1 aromatic heterocycles. The Kier molecular flexibility index (Phi) is 4.88. The van der Waals surface area contributed by atoms with Crippen LogP contribution in [0.4, 0.5) is 4.79 Å². The third-order valence-corrected chi connectivity index (χ3v) is 3.25. The summed E-state index contributed by atoms with van der Waals surface area (Å²) in [7, 11) is 0. The molecule has 0 saturated heterocycles. The van der Waals surface area contributed by atoms with Crippen LogP contribution in [-0.2, 0) is 13.0 Å². The first-order valence-electron chi connectivity index (χ1n) is 5.92. The number of amides is 1. The molecule has 0 unspecified atom stereocenters. The van der Waals surface area contributed by atoms with Crippen LogP contribution in [-0.4, -0.2) is 17.6 Å². The van der Waals surface area contributed by atoms with E-state index in [-0.39, 0.29) is 0 Å². The summed E-state index contributed by atoms with van der Waals surface area (Å²) in [5.74, 6) is 0.319. The molecule has 0 fully saturated rings. The highest BCUT2D eigenvalue weighted by atomic mass is 32.1. The average molecular weight is 277 g/mol. The van der Waals surface area contributed by atoms with Crippen LogP contribution in [0.25, 0.3) is 0 Å². The van der Waals surface area contributed by atoms with Gasteiger partial charge in [0.15, 0.2) is 0 Å². The maximum Gasteiger partial charge on any atom is 0.414 e. The molecule has 0 aliphatic carbocycles. The van der Waals surface area contributed by atoms with Crippen molar-refractivity contribution in [1.82, 2.24) is 10.3 Å². The van der Waals surface area contributed by atoms with Gasteiger partial charge in [-0.05, 0) is 12.1 Å². The van der Waals surface area contributed by atoms with Gasteiger partial charge in [0.05, 0.1) is 10.4 Å². The van der Waals surface area contributed by atoms with Crippen molar-refractivity contribution in [1.29, 1.82) is 0 Å². The number of ether oxygens (including phenoxy) is 1. The van der Waals surface area contributed by atoms with Gasteiger partial charge in [0.1, 0.15) is 0 Å². The molecule has 0 aliphatic heterocycles. The number of carbonyl (C=O) groups is 1. The quantitative estimate of drug-likeness (QED) is 0.875. The van der Waals surface area contributed by atoms with Crippen molar-refractivity contribution in [3.63, 3.8) is 0 Å². The molecule has 0 aliphatic rings. The standard InChI is InChI=1S/C13H15N3O2S/c14-7-6-12-16-11(9-19-12)18-13(17)15-8-10-4-2-1-3-5-10/h1-5,9H,6-8,14H2,(H,15,17). The molecule has 19 heavy (non-hydrogen) atoms. The van der Waals surface area contributed by atoms with Gasteiger partial charge < -0.3 is 15.8 Å². The van der Waals surface area contributed by atoms with E-state index in [2.05, 4.69) is 10.3 Å². The number of aromatic nitrogens is 1.